The average Bonchev–Trinajstić information content (AvgIpc) is 1.37. The van der Waals surface area contributed by atoms with E-state index in [1.807, 2.05) is 0 Å². The molecular weight excluding hydrogens is 1230 g/mol. The molecule has 0 fully saturated rings. The monoisotopic (exact) mass is 1380 g/mol. The molecule has 0 heterocycles. The van der Waals surface area contributed by atoms with Gasteiger partial charge < -0.3 is 33.8 Å². The van der Waals surface area contributed by atoms with Crippen molar-refractivity contribution in [1.29, 1.82) is 0 Å². The van der Waals surface area contributed by atoms with Crippen molar-refractivity contribution >= 4 is 39.5 Å². The van der Waals surface area contributed by atoms with Crippen molar-refractivity contribution in [2.75, 3.05) is 39.6 Å². The second-order valence-corrected chi connectivity index (χ2v) is 31.1. The Morgan fingerprint density at radius 2 is 0.543 bits per heavy atom. The maximum atomic E-state index is 13.1. The lowest BCUT2D eigenvalue weighted by atomic mass is 9.99. The van der Waals surface area contributed by atoms with Crippen molar-refractivity contribution in [1.82, 2.24) is 0 Å². The molecule has 3 N–H and O–H groups in total. The summed E-state index contributed by atoms with van der Waals surface area (Å²) in [5.74, 6) is 0.136. The zero-order valence-corrected chi connectivity index (χ0v) is 63.2. The third kappa shape index (κ3) is 67.3. The van der Waals surface area contributed by atoms with E-state index in [-0.39, 0.29) is 25.7 Å². The highest BCUT2D eigenvalue weighted by Gasteiger charge is 2.30. The van der Waals surface area contributed by atoms with Crippen LogP contribution in [0.15, 0.2) is 0 Å². The fraction of sp³-hybridized carbons (Fsp3) is 0.947. The quantitative estimate of drug-likeness (QED) is 0.0222. The first-order chi connectivity index (χ1) is 45.3. The largest absolute Gasteiger partial charge is 0.472 e. The first-order valence-corrected chi connectivity index (χ1v) is 41.9. The van der Waals surface area contributed by atoms with Crippen LogP contribution in [0.1, 0.15) is 382 Å². The first kappa shape index (κ1) is 92.1. The van der Waals surface area contributed by atoms with Crippen LogP contribution < -0.4 is 0 Å². The maximum absolute atomic E-state index is 13.1. The lowest BCUT2D eigenvalue weighted by Gasteiger charge is -2.21. The molecule has 3 unspecified atom stereocenters. The maximum Gasteiger partial charge on any atom is 0.472 e. The molecule has 0 aromatic heterocycles. The van der Waals surface area contributed by atoms with Gasteiger partial charge in [-0.15, -0.1) is 0 Å². The number of phosphoric ester groups is 2. The van der Waals surface area contributed by atoms with Crippen molar-refractivity contribution in [3.8, 4) is 0 Å². The van der Waals surface area contributed by atoms with E-state index < -0.39 is 97.5 Å². The van der Waals surface area contributed by atoms with Crippen molar-refractivity contribution in [3.63, 3.8) is 0 Å². The fourth-order valence-electron chi connectivity index (χ4n) is 11.4. The SMILES string of the molecule is CCCCCCCCCCCCCCCCCCCC(=O)O[C@H](COC(=O)CCCCCCCCCCCCCCC(C)C)COP(=O)(O)OC[C@@H](O)COP(=O)(O)OC[C@@H](COC(=O)CCCCCCCCCC(C)C)OC(=O)CCCCCCCCCCC(C)CC. The molecular formula is C75H146O17P2. The van der Waals surface area contributed by atoms with Crippen LogP contribution in [-0.4, -0.2) is 96.7 Å². The second kappa shape index (κ2) is 65.7. The summed E-state index contributed by atoms with van der Waals surface area (Å²) in [6.07, 6.45) is 51.4. The molecule has 0 spiro atoms. The van der Waals surface area contributed by atoms with Gasteiger partial charge in [-0.25, -0.2) is 9.13 Å². The van der Waals surface area contributed by atoms with E-state index >= 15 is 0 Å². The van der Waals surface area contributed by atoms with Crippen LogP contribution in [0, 0.1) is 17.8 Å². The lowest BCUT2D eigenvalue weighted by Crippen LogP contribution is -2.30. The molecule has 0 aliphatic rings. The number of unbranched alkanes of at least 4 members (excludes halogenated alkanes) is 40. The lowest BCUT2D eigenvalue weighted by molar-refractivity contribution is -0.161. The number of carbonyl (C=O) groups is 4. The van der Waals surface area contributed by atoms with Gasteiger partial charge in [-0.1, -0.05) is 331 Å². The molecule has 0 saturated carbocycles. The fourth-order valence-corrected chi connectivity index (χ4v) is 13.0. The normalized spacial score (nSPS) is 14.4. The van der Waals surface area contributed by atoms with Crippen LogP contribution in [0.5, 0.6) is 0 Å². The van der Waals surface area contributed by atoms with Gasteiger partial charge in [0.1, 0.15) is 19.3 Å². The van der Waals surface area contributed by atoms with Gasteiger partial charge in [0.05, 0.1) is 26.4 Å². The van der Waals surface area contributed by atoms with Crippen LogP contribution in [0.2, 0.25) is 0 Å². The van der Waals surface area contributed by atoms with Crippen LogP contribution in [0.3, 0.4) is 0 Å². The Morgan fingerprint density at radius 1 is 0.309 bits per heavy atom. The van der Waals surface area contributed by atoms with Gasteiger partial charge in [0.2, 0.25) is 0 Å². The summed E-state index contributed by atoms with van der Waals surface area (Å²) in [5, 5.41) is 10.6. The Hall–Kier alpha value is -1.94. The molecule has 94 heavy (non-hydrogen) atoms. The summed E-state index contributed by atoms with van der Waals surface area (Å²) in [4.78, 5) is 72.8. The number of aliphatic hydroxyl groups is 1. The summed E-state index contributed by atoms with van der Waals surface area (Å²) in [6.45, 7) is 11.8. The molecule has 0 aliphatic heterocycles. The number of aliphatic hydroxyl groups excluding tert-OH is 1. The highest BCUT2D eigenvalue weighted by atomic mass is 31.2. The van der Waals surface area contributed by atoms with Gasteiger partial charge in [0.25, 0.3) is 0 Å². The Bertz CT molecular complexity index is 1840. The van der Waals surface area contributed by atoms with E-state index in [1.54, 1.807) is 0 Å². The molecule has 0 rings (SSSR count). The topological polar surface area (TPSA) is 237 Å². The van der Waals surface area contributed by atoms with Crippen molar-refractivity contribution in [2.45, 2.75) is 401 Å². The first-order valence-electron chi connectivity index (χ1n) is 38.9. The average molecular weight is 1380 g/mol. The molecule has 0 bridgehead atoms. The van der Waals surface area contributed by atoms with Crippen molar-refractivity contribution in [3.05, 3.63) is 0 Å². The smallest absolute Gasteiger partial charge is 0.462 e. The summed E-state index contributed by atoms with van der Waals surface area (Å²) in [5.41, 5.74) is 0. The third-order valence-electron chi connectivity index (χ3n) is 17.7. The van der Waals surface area contributed by atoms with Crippen LogP contribution in [0.4, 0.5) is 0 Å². The summed E-state index contributed by atoms with van der Waals surface area (Å²) >= 11 is 0. The number of hydrogen-bond acceptors (Lipinski definition) is 15. The predicted octanol–water partition coefficient (Wildman–Crippen LogP) is 21.8. The van der Waals surface area contributed by atoms with E-state index in [0.717, 1.165) is 108 Å². The Labute approximate surface area is 575 Å². The molecule has 0 saturated heterocycles. The van der Waals surface area contributed by atoms with Crippen molar-refractivity contribution in [2.24, 2.45) is 17.8 Å². The van der Waals surface area contributed by atoms with Gasteiger partial charge in [-0.05, 0) is 43.4 Å². The minimum absolute atomic E-state index is 0.104. The molecule has 558 valence electrons. The molecule has 19 heteroatoms. The summed E-state index contributed by atoms with van der Waals surface area (Å²) in [6, 6.07) is 0. The Morgan fingerprint density at radius 3 is 0.809 bits per heavy atom. The summed E-state index contributed by atoms with van der Waals surface area (Å²) < 4.78 is 68.5. The zero-order valence-electron chi connectivity index (χ0n) is 61.4. The van der Waals surface area contributed by atoms with Crippen LogP contribution in [0.25, 0.3) is 0 Å². The van der Waals surface area contributed by atoms with Gasteiger partial charge in [0, 0.05) is 25.7 Å². The molecule has 0 aliphatic carbocycles. The van der Waals surface area contributed by atoms with E-state index in [0.29, 0.717) is 31.6 Å². The highest BCUT2D eigenvalue weighted by Crippen LogP contribution is 2.45. The minimum atomic E-state index is -4.96. The molecule has 0 aromatic carbocycles. The number of ether oxygens (including phenoxy) is 4. The Balaban J connectivity index is 5.25. The summed E-state index contributed by atoms with van der Waals surface area (Å²) in [7, 11) is -9.91. The molecule has 0 aromatic rings. The van der Waals surface area contributed by atoms with Crippen LogP contribution in [-0.2, 0) is 65.4 Å². The predicted molar refractivity (Wildman–Crippen MR) is 381 cm³/mol. The number of rotatable bonds is 73. The minimum Gasteiger partial charge on any atom is -0.462 e. The Kier molecular flexibility index (Phi) is 64.3. The van der Waals surface area contributed by atoms with E-state index in [1.165, 1.54) is 186 Å². The number of hydrogen-bond donors (Lipinski definition) is 3. The molecule has 6 atom stereocenters. The second-order valence-electron chi connectivity index (χ2n) is 28.2. The zero-order chi connectivity index (χ0) is 69.4. The van der Waals surface area contributed by atoms with Gasteiger partial charge in [0.15, 0.2) is 12.2 Å². The standard InChI is InChI=1S/C75H146O17P2/c1-8-10-11-12-13-14-15-16-17-18-19-20-25-28-36-44-51-58-74(79)91-70(62-85-72(77)56-49-42-35-27-24-22-21-23-26-32-39-46-53-66(3)4)64-89-93(81,82)87-60-69(76)61-88-94(83,84)90-65-71(63-86-73(78)57-50-43-38-31-33-40-47-54-67(5)6)92-75(80)59-52-45-37-30-29-34-41-48-55-68(7)9-2/h66-71,76H,8-65H2,1-7H3,(H,81,82)(H,83,84)/t68?,69-,70-,71-/m1/s1. The number of phosphoric acid groups is 2. The van der Waals surface area contributed by atoms with Gasteiger partial charge in [-0.2, -0.15) is 0 Å². The number of esters is 4. The number of carbonyl (C=O) groups excluding carboxylic acids is 4. The van der Waals surface area contributed by atoms with E-state index in [2.05, 4.69) is 48.5 Å². The van der Waals surface area contributed by atoms with Crippen molar-refractivity contribution < 1.29 is 80.2 Å². The molecule has 0 radical (unpaired) electrons. The molecule has 17 nitrogen and oxygen atoms in total. The van der Waals surface area contributed by atoms with Crippen LogP contribution >= 0.6 is 15.6 Å². The van der Waals surface area contributed by atoms with E-state index in [9.17, 15) is 43.2 Å². The highest BCUT2D eigenvalue weighted by molar-refractivity contribution is 7.47. The van der Waals surface area contributed by atoms with E-state index in [4.69, 9.17) is 37.0 Å². The van der Waals surface area contributed by atoms with Gasteiger partial charge in [-0.3, -0.25) is 37.3 Å². The van der Waals surface area contributed by atoms with Gasteiger partial charge >= 0.3 is 39.5 Å². The third-order valence-corrected chi connectivity index (χ3v) is 19.6. The molecule has 0 amide bonds.